The minimum atomic E-state index is -2.73. The molecule has 0 aliphatic heterocycles. The van der Waals surface area contributed by atoms with E-state index in [1.165, 1.54) is 0 Å². The van der Waals surface area contributed by atoms with Gasteiger partial charge < -0.3 is 26.6 Å². The van der Waals surface area contributed by atoms with Crippen LogP contribution in [0.1, 0.15) is 0 Å². The summed E-state index contributed by atoms with van der Waals surface area (Å²) in [6.07, 6.45) is 0. The van der Waals surface area contributed by atoms with Gasteiger partial charge in [-0.1, -0.05) is 0 Å². The maximum atomic E-state index is 5.29. The zero-order chi connectivity index (χ0) is 11.9. The second kappa shape index (κ2) is 6.71. The lowest BCUT2D eigenvalue weighted by atomic mass is 11.8. The predicted molar refractivity (Wildman–Crippen MR) is 58.4 cm³/mol. The molecule has 0 saturated carbocycles. The van der Waals surface area contributed by atoms with Crippen LogP contribution in [0.3, 0.4) is 0 Å². The molecule has 0 saturated heterocycles. The summed E-state index contributed by atoms with van der Waals surface area (Å²) in [7, 11) is 3.79. The van der Waals surface area contributed by atoms with Crippen LogP contribution in [0.4, 0.5) is 0 Å². The van der Waals surface area contributed by atoms with Crippen molar-refractivity contribution in [2.75, 3.05) is 42.7 Å². The number of hydrogen-bond donors (Lipinski definition) is 0. The van der Waals surface area contributed by atoms with Gasteiger partial charge in [-0.3, -0.25) is 0 Å². The second-order valence-corrected chi connectivity index (χ2v) is 9.36. The van der Waals surface area contributed by atoms with E-state index in [9.17, 15) is 0 Å². The number of rotatable bonds is 8. The first-order valence-electron chi connectivity index (χ1n) is 4.38. The van der Waals surface area contributed by atoms with Crippen molar-refractivity contribution in [2.24, 2.45) is 0 Å². The average molecular weight is 256 g/mol. The van der Waals surface area contributed by atoms with Crippen LogP contribution in [0.5, 0.6) is 0 Å². The van der Waals surface area contributed by atoms with Gasteiger partial charge >= 0.3 is 17.6 Å². The summed E-state index contributed by atoms with van der Waals surface area (Å²) in [6, 6.07) is 0. The highest BCUT2D eigenvalue weighted by Crippen LogP contribution is 2.23. The first kappa shape index (κ1) is 15.2. The fraction of sp³-hybridized carbons (Fsp3) is 1.00. The van der Waals surface area contributed by atoms with Crippen molar-refractivity contribution < 1.29 is 26.6 Å². The summed E-state index contributed by atoms with van der Waals surface area (Å²) in [5.74, 6) is 0. The van der Waals surface area contributed by atoms with Crippen LogP contribution in [0.25, 0.3) is 0 Å². The lowest BCUT2D eigenvalue weighted by molar-refractivity contribution is 0.0969. The van der Waals surface area contributed by atoms with Gasteiger partial charge in [-0.15, -0.1) is 0 Å². The summed E-state index contributed by atoms with van der Waals surface area (Å²) < 4.78 is 31.7. The van der Waals surface area contributed by atoms with Crippen molar-refractivity contribution in [2.45, 2.75) is 5.67 Å². The lowest BCUT2D eigenvalue weighted by Crippen LogP contribution is -2.56. The molecule has 0 amide bonds. The molecule has 0 radical (unpaired) electrons. The molecule has 0 aromatic rings. The van der Waals surface area contributed by atoms with Crippen molar-refractivity contribution in [3.8, 4) is 0 Å². The molecule has 0 aliphatic rings. The molecule has 0 heterocycles. The Morgan fingerprint density at radius 1 is 0.533 bits per heavy atom. The van der Waals surface area contributed by atoms with Gasteiger partial charge in [0.05, 0.1) is 5.67 Å². The molecule has 15 heavy (non-hydrogen) atoms. The maximum Gasteiger partial charge on any atom is 0.504 e. The molecule has 0 spiro atoms. The fourth-order valence-electron chi connectivity index (χ4n) is 1.20. The Balaban J connectivity index is 4.74. The van der Waals surface area contributed by atoms with E-state index >= 15 is 0 Å². The Morgan fingerprint density at radius 3 is 0.867 bits per heavy atom. The van der Waals surface area contributed by atoms with Crippen LogP contribution in [0, 0.1) is 0 Å². The summed E-state index contributed by atoms with van der Waals surface area (Å²) in [4.78, 5) is 0. The monoisotopic (exact) mass is 256 g/mol. The highest BCUT2D eigenvalue weighted by atomic mass is 28.5. The normalized spacial score (nSPS) is 13.2. The Kier molecular flexibility index (Phi) is 6.79. The van der Waals surface area contributed by atoms with Gasteiger partial charge in [-0.05, 0) is 0 Å². The minimum Gasteiger partial charge on any atom is -0.377 e. The third-order valence-electron chi connectivity index (χ3n) is 2.30. The molecule has 0 bridgehead atoms. The standard InChI is InChI=1S/C7H20O6Si2/c1-8-14(9-2,10-3)7-15(11-4,12-5)13-6/h7H2,1-6H3. The van der Waals surface area contributed by atoms with Gasteiger partial charge in [-0.25, -0.2) is 0 Å². The van der Waals surface area contributed by atoms with E-state index in [1.807, 2.05) is 0 Å². The largest absolute Gasteiger partial charge is 0.504 e. The predicted octanol–water partition coefficient (Wildman–Crippen LogP) is 0.282. The van der Waals surface area contributed by atoms with Gasteiger partial charge in [0.1, 0.15) is 0 Å². The maximum absolute atomic E-state index is 5.29. The molecule has 0 aliphatic carbocycles. The Bertz CT molecular complexity index is 136. The average Bonchev–Trinajstić information content (AvgIpc) is 2.33. The Morgan fingerprint density at radius 2 is 0.733 bits per heavy atom. The topological polar surface area (TPSA) is 55.4 Å². The van der Waals surface area contributed by atoms with Crippen molar-refractivity contribution in [1.29, 1.82) is 0 Å². The van der Waals surface area contributed by atoms with Crippen LogP contribution >= 0.6 is 0 Å². The van der Waals surface area contributed by atoms with E-state index in [0.29, 0.717) is 5.67 Å². The van der Waals surface area contributed by atoms with Gasteiger partial charge in [0.15, 0.2) is 0 Å². The Hall–Kier alpha value is 0.194. The Labute approximate surface area is 93.1 Å². The zero-order valence-electron chi connectivity index (χ0n) is 10.2. The summed E-state index contributed by atoms with van der Waals surface area (Å²) in [5.41, 5.74) is 0.382. The van der Waals surface area contributed by atoms with Crippen LogP contribution < -0.4 is 0 Å². The molecule has 6 nitrogen and oxygen atoms in total. The van der Waals surface area contributed by atoms with E-state index < -0.39 is 17.6 Å². The van der Waals surface area contributed by atoms with Crippen molar-refractivity contribution >= 4 is 17.6 Å². The molecule has 0 aromatic heterocycles. The van der Waals surface area contributed by atoms with E-state index in [1.54, 1.807) is 42.7 Å². The summed E-state index contributed by atoms with van der Waals surface area (Å²) in [5, 5.41) is 0. The van der Waals surface area contributed by atoms with E-state index in [2.05, 4.69) is 0 Å². The van der Waals surface area contributed by atoms with Crippen LogP contribution in [-0.4, -0.2) is 60.3 Å². The minimum absolute atomic E-state index is 0.382. The van der Waals surface area contributed by atoms with Crippen molar-refractivity contribution in [3.05, 3.63) is 0 Å². The summed E-state index contributed by atoms with van der Waals surface area (Å²) in [6.45, 7) is 0. The van der Waals surface area contributed by atoms with E-state index in [0.717, 1.165) is 0 Å². The van der Waals surface area contributed by atoms with Crippen LogP contribution in [0.2, 0.25) is 5.67 Å². The molecule has 8 heteroatoms. The first-order chi connectivity index (χ1) is 7.07. The summed E-state index contributed by atoms with van der Waals surface area (Å²) >= 11 is 0. The smallest absolute Gasteiger partial charge is 0.377 e. The SMILES string of the molecule is CO[Si](C[Si](OC)(OC)OC)(OC)OC. The molecular formula is C7H20O6Si2. The highest BCUT2D eigenvalue weighted by molar-refractivity contribution is 6.79. The lowest BCUT2D eigenvalue weighted by Gasteiger charge is -2.31. The van der Waals surface area contributed by atoms with E-state index in [4.69, 9.17) is 26.6 Å². The third kappa shape index (κ3) is 3.61. The van der Waals surface area contributed by atoms with Gasteiger partial charge in [0.25, 0.3) is 0 Å². The highest BCUT2D eigenvalue weighted by Gasteiger charge is 2.53. The number of hydrogen-bond acceptors (Lipinski definition) is 6. The van der Waals surface area contributed by atoms with Gasteiger partial charge in [0.2, 0.25) is 0 Å². The molecule has 0 fully saturated rings. The molecule has 0 unspecified atom stereocenters. The quantitative estimate of drug-likeness (QED) is 0.582. The molecule has 0 rings (SSSR count). The molecule has 0 N–H and O–H groups in total. The van der Waals surface area contributed by atoms with Crippen molar-refractivity contribution in [3.63, 3.8) is 0 Å². The molecule has 0 atom stereocenters. The van der Waals surface area contributed by atoms with Crippen LogP contribution in [-0.2, 0) is 26.6 Å². The molecule has 0 aromatic carbocycles. The first-order valence-corrected chi connectivity index (χ1v) is 8.25. The zero-order valence-corrected chi connectivity index (χ0v) is 12.2. The molecule has 92 valence electrons. The second-order valence-electron chi connectivity index (χ2n) is 2.77. The third-order valence-corrected chi connectivity index (χ3v) is 9.50. The molecular weight excluding hydrogens is 236 g/mol. The van der Waals surface area contributed by atoms with Crippen molar-refractivity contribution in [1.82, 2.24) is 0 Å². The fourth-order valence-corrected chi connectivity index (χ4v) is 7.78. The van der Waals surface area contributed by atoms with Gasteiger partial charge in [-0.2, -0.15) is 0 Å². The van der Waals surface area contributed by atoms with Crippen LogP contribution in [0.15, 0.2) is 0 Å². The van der Waals surface area contributed by atoms with Gasteiger partial charge in [0, 0.05) is 42.7 Å². The van der Waals surface area contributed by atoms with E-state index in [-0.39, 0.29) is 0 Å².